The molecule has 0 spiro atoms. The predicted molar refractivity (Wildman–Crippen MR) is 65.7 cm³/mol. The molecule has 0 aliphatic carbocycles. The van der Waals surface area contributed by atoms with Crippen molar-refractivity contribution in [1.82, 2.24) is 14.9 Å². The first-order valence-corrected chi connectivity index (χ1v) is 6.09. The minimum atomic E-state index is 0.934. The van der Waals surface area contributed by atoms with Gasteiger partial charge in [-0.15, -0.1) is 0 Å². The molecule has 88 valence electrons. The van der Waals surface area contributed by atoms with Gasteiger partial charge in [-0.25, -0.2) is 4.98 Å². The fourth-order valence-electron chi connectivity index (χ4n) is 1.97. The van der Waals surface area contributed by atoms with Crippen LogP contribution in [0.1, 0.15) is 31.5 Å². The summed E-state index contributed by atoms with van der Waals surface area (Å²) in [6.45, 7) is 1.93. The van der Waals surface area contributed by atoms with Crippen molar-refractivity contribution in [2.75, 3.05) is 13.1 Å². The molecule has 0 amide bonds. The van der Waals surface area contributed by atoms with Crippen molar-refractivity contribution in [3.8, 4) is 0 Å². The predicted octanol–water partition coefficient (Wildman–Crippen LogP) is 1.52. The molecule has 16 heavy (non-hydrogen) atoms. The van der Waals surface area contributed by atoms with Crippen LogP contribution in [0.5, 0.6) is 0 Å². The summed E-state index contributed by atoms with van der Waals surface area (Å²) >= 11 is 0. The third-order valence-electron chi connectivity index (χ3n) is 2.97. The van der Waals surface area contributed by atoms with Crippen LogP contribution in [0.3, 0.4) is 0 Å². The summed E-state index contributed by atoms with van der Waals surface area (Å²) < 4.78 is 2.07. The quantitative estimate of drug-likeness (QED) is 0.839. The molecule has 2 heterocycles. The Bertz CT molecular complexity index is 354. The molecule has 1 aromatic heterocycles. The molecular formula is C12H20N4. The Labute approximate surface area is 96.8 Å². The van der Waals surface area contributed by atoms with Crippen molar-refractivity contribution >= 4 is 5.84 Å². The van der Waals surface area contributed by atoms with Gasteiger partial charge in [-0.3, -0.25) is 4.99 Å². The van der Waals surface area contributed by atoms with Crippen molar-refractivity contribution in [3.05, 3.63) is 18.2 Å². The van der Waals surface area contributed by atoms with Crippen LogP contribution in [-0.4, -0.2) is 28.5 Å². The van der Waals surface area contributed by atoms with E-state index in [9.17, 15) is 0 Å². The largest absolute Gasteiger partial charge is 0.373 e. The molecule has 0 aromatic carbocycles. The average molecular weight is 220 g/mol. The Morgan fingerprint density at radius 2 is 2.31 bits per heavy atom. The van der Waals surface area contributed by atoms with E-state index in [1.165, 1.54) is 25.1 Å². The molecule has 0 saturated carbocycles. The number of hydrogen-bond donors (Lipinski definition) is 1. The molecule has 4 heteroatoms. The van der Waals surface area contributed by atoms with Crippen molar-refractivity contribution in [2.45, 2.75) is 32.1 Å². The molecule has 1 aliphatic heterocycles. The minimum Gasteiger partial charge on any atom is -0.373 e. The Morgan fingerprint density at radius 1 is 1.38 bits per heavy atom. The Kier molecular flexibility index (Phi) is 3.97. The summed E-state index contributed by atoms with van der Waals surface area (Å²) in [6.07, 6.45) is 9.73. The van der Waals surface area contributed by atoms with Gasteiger partial charge in [0.15, 0.2) is 0 Å². The van der Waals surface area contributed by atoms with E-state index in [4.69, 9.17) is 0 Å². The van der Waals surface area contributed by atoms with Crippen LogP contribution in [0, 0.1) is 0 Å². The Balaban J connectivity index is 1.75. The number of nitrogens with zero attached hydrogens (tertiary/aromatic N) is 3. The second-order valence-corrected chi connectivity index (χ2v) is 4.27. The van der Waals surface area contributed by atoms with E-state index in [0.29, 0.717) is 0 Å². The monoisotopic (exact) mass is 220 g/mol. The summed E-state index contributed by atoms with van der Waals surface area (Å²) in [7, 11) is 2.03. The first-order chi connectivity index (χ1) is 7.86. The van der Waals surface area contributed by atoms with Gasteiger partial charge in [0, 0.05) is 45.4 Å². The maximum atomic E-state index is 4.54. The maximum absolute atomic E-state index is 4.54. The lowest BCUT2D eigenvalue weighted by Crippen LogP contribution is -2.26. The fraction of sp³-hybridized carbons (Fsp3) is 0.667. The van der Waals surface area contributed by atoms with Crippen LogP contribution in [0.25, 0.3) is 0 Å². The molecule has 0 fully saturated rings. The van der Waals surface area contributed by atoms with E-state index >= 15 is 0 Å². The maximum Gasteiger partial charge on any atom is 0.110 e. The number of aromatic nitrogens is 2. The average Bonchev–Trinajstić information content (AvgIpc) is 2.55. The number of rotatable bonds is 3. The van der Waals surface area contributed by atoms with Crippen LogP contribution >= 0.6 is 0 Å². The van der Waals surface area contributed by atoms with Crippen molar-refractivity contribution in [1.29, 1.82) is 0 Å². The lowest BCUT2D eigenvalue weighted by molar-refractivity contribution is 0.722. The third kappa shape index (κ3) is 3.08. The fourth-order valence-corrected chi connectivity index (χ4v) is 1.97. The van der Waals surface area contributed by atoms with E-state index in [1.54, 1.807) is 0 Å². The molecule has 1 N–H and O–H groups in total. The number of nitrogens with one attached hydrogen (secondary N) is 1. The van der Waals surface area contributed by atoms with Crippen molar-refractivity contribution < 1.29 is 0 Å². The van der Waals surface area contributed by atoms with E-state index in [-0.39, 0.29) is 0 Å². The minimum absolute atomic E-state index is 0.934. The lowest BCUT2D eigenvalue weighted by Gasteiger charge is -2.08. The third-order valence-corrected chi connectivity index (χ3v) is 2.97. The summed E-state index contributed by atoms with van der Waals surface area (Å²) in [5.41, 5.74) is 0. The van der Waals surface area contributed by atoms with Gasteiger partial charge in [0.05, 0.1) is 5.84 Å². The first kappa shape index (κ1) is 11.2. The van der Waals surface area contributed by atoms with E-state index in [1.807, 2.05) is 19.4 Å². The second kappa shape index (κ2) is 5.68. The first-order valence-electron chi connectivity index (χ1n) is 6.09. The highest BCUT2D eigenvalue weighted by atomic mass is 15.0. The summed E-state index contributed by atoms with van der Waals surface area (Å²) in [6, 6.07) is 0. The second-order valence-electron chi connectivity index (χ2n) is 4.27. The van der Waals surface area contributed by atoms with Gasteiger partial charge in [-0.1, -0.05) is 6.42 Å². The summed E-state index contributed by atoms with van der Waals surface area (Å²) in [5.74, 6) is 2.31. The summed E-state index contributed by atoms with van der Waals surface area (Å²) in [5, 5.41) is 3.42. The molecule has 0 bridgehead atoms. The zero-order valence-electron chi connectivity index (χ0n) is 9.95. The van der Waals surface area contributed by atoms with Gasteiger partial charge in [0.2, 0.25) is 0 Å². The van der Waals surface area contributed by atoms with Gasteiger partial charge in [-0.2, -0.15) is 0 Å². The lowest BCUT2D eigenvalue weighted by atomic mass is 10.2. The van der Waals surface area contributed by atoms with Crippen LogP contribution in [-0.2, 0) is 13.5 Å². The molecule has 1 aromatic rings. The number of aliphatic imine (C=N–C) groups is 1. The number of amidine groups is 1. The van der Waals surface area contributed by atoms with Crippen molar-refractivity contribution in [2.24, 2.45) is 12.0 Å². The number of hydrogen-bond acceptors (Lipinski definition) is 3. The Morgan fingerprint density at radius 3 is 3.12 bits per heavy atom. The highest BCUT2D eigenvalue weighted by Gasteiger charge is 2.04. The number of imidazole rings is 1. The van der Waals surface area contributed by atoms with Crippen LogP contribution in [0.15, 0.2) is 17.4 Å². The summed E-state index contributed by atoms with van der Waals surface area (Å²) in [4.78, 5) is 8.84. The normalized spacial score (nSPS) is 16.7. The zero-order chi connectivity index (χ0) is 11.2. The molecule has 0 unspecified atom stereocenters. The van der Waals surface area contributed by atoms with E-state index in [0.717, 1.165) is 31.8 Å². The van der Waals surface area contributed by atoms with Crippen molar-refractivity contribution in [3.63, 3.8) is 0 Å². The molecule has 1 aliphatic rings. The van der Waals surface area contributed by atoms with Gasteiger partial charge >= 0.3 is 0 Å². The van der Waals surface area contributed by atoms with Crippen LogP contribution in [0.2, 0.25) is 0 Å². The van der Waals surface area contributed by atoms with Gasteiger partial charge in [0.1, 0.15) is 5.82 Å². The SMILES string of the molecule is Cn1ccnc1CCNC1=NCCCCC1. The highest BCUT2D eigenvalue weighted by molar-refractivity contribution is 5.82. The smallest absolute Gasteiger partial charge is 0.110 e. The van der Waals surface area contributed by atoms with E-state index < -0.39 is 0 Å². The molecule has 4 nitrogen and oxygen atoms in total. The zero-order valence-corrected chi connectivity index (χ0v) is 9.95. The van der Waals surface area contributed by atoms with Gasteiger partial charge < -0.3 is 9.88 Å². The number of aryl methyl sites for hydroxylation is 1. The highest BCUT2D eigenvalue weighted by Crippen LogP contribution is 2.06. The molecule has 0 radical (unpaired) electrons. The molecular weight excluding hydrogens is 200 g/mol. The van der Waals surface area contributed by atoms with Gasteiger partial charge in [0.25, 0.3) is 0 Å². The van der Waals surface area contributed by atoms with Crippen LogP contribution in [0.4, 0.5) is 0 Å². The molecule has 2 rings (SSSR count). The van der Waals surface area contributed by atoms with Gasteiger partial charge in [-0.05, 0) is 12.8 Å². The van der Waals surface area contributed by atoms with Crippen LogP contribution < -0.4 is 5.32 Å². The topological polar surface area (TPSA) is 42.2 Å². The molecule has 0 atom stereocenters. The molecule has 0 saturated heterocycles. The Hall–Kier alpha value is -1.32. The van der Waals surface area contributed by atoms with E-state index in [2.05, 4.69) is 19.9 Å². The standard InChI is InChI=1S/C12H20N4/c1-16-10-9-15-12(16)6-8-14-11-5-3-2-4-7-13-11/h9-10H,2-8H2,1H3,(H,13,14).